The highest BCUT2D eigenvalue weighted by Crippen LogP contribution is 2.45. The maximum Gasteiger partial charge on any atom is 0.290 e. The van der Waals surface area contributed by atoms with Gasteiger partial charge in [0.05, 0.1) is 11.6 Å². The van der Waals surface area contributed by atoms with E-state index in [1.807, 2.05) is 32.2 Å². The van der Waals surface area contributed by atoms with Crippen LogP contribution >= 0.6 is 11.3 Å². The first-order chi connectivity index (χ1) is 11.4. The van der Waals surface area contributed by atoms with Crippen molar-refractivity contribution in [1.82, 2.24) is 4.90 Å². The number of hydrogen-bond donors (Lipinski definition) is 1. The smallest absolute Gasteiger partial charge is 0.290 e. The molecule has 24 heavy (non-hydrogen) atoms. The van der Waals surface area contributed by atoms with Crippen LogP contribution in [0.25, 0.3) is 0 Å². The van der Waals surface area contributed by atoms with Gasteiger partial charge in [-0.1, -0.05) is 33.1 Å². The van der Waals surface area contributed by atoms with Crippen molar-refractivity contribution in [3.63, 3.8) is 0 Å². The summed E-state index contributed by atoms with van der Waals surface area (Å²) in [5.74, 6) is -1.08. The highest BCUT2D eigenvalue weighted by Gasteiger charge is 2.47. The minimum absolute atomic E-state index is 0.109. The molecule has 130 valence electrons. The van der Waals surface area contributed by atoms with Gasteiger partial charge in [0.1, 0.15) is 0 Å². The lowest BCUT2D eigenvalue weighted by atomic mass is 9.90. The predicted molar refractivity (Wildman–Crippen MR) is 95.0 cm³/mol. The fraction of sp³-hybridized carbons (Fsp3) is 0.579. The summed E-state index contributed by atoms with van der Waals surface area (Å²) in [4.78, 5) is 28.4. The Hall–Kier alpha value is -1.62. The van der Waals surface area contributed by atoms with E-state index in [0.29, 0.717) is 5.57 Å². The Morgan fingerprint density at radius 2 is 1.96 bits per heavy atom. The molecule has 4 nitrogen and oxygen atoms in total. The van der Waals surface area contributed by atoms with Gasteiger partial charge in [-0.05, 0) is 36.8 Å². The van der Waals surface area contributed by atoms with E-state index in [2.05, 4.69) is 0 Å². The van der Waals surface area contributed by atoms with Crippen LogP contribution in [0.4, 0.5) is 0 Å². The first-order valence-electron chi connectivity index (χ1n) is 8.77. The second-order valence-electron chi connectivity index (χ2n) is 7.16. The minimum atomic E-state index is -0.421. The number of amides is 1. The van der Waals surface area contributed by atoms with Crippen molar-refractivity contribution < 1.29 is 14.7 Å². The third-order valence-electron chi connectivity index (χ3n) is 5.15. The van der Waals surface area contributed by atoms with Crippen molar-refractivity contribution in [2.45, 2.75) is 65.0 Å². The molecule has 1 fully saturated rings. The lowest BCUT2D eigenvalue weighted by Gasteiger charge is -2.36. The van der Waals surface area contributed by atoms with Crippen molar-refractivity contribution in [3.8, 4) is 0 Å². The van der Waals surface area contributed by atoms with Crippen LogP contribution in [-0.4, -0.2) is 27.7 Å². The molecule has 0 aromatic carbocycles. The van der Waals surface area contributed by atoms with E-state index in [4.69, 9.17) is 0 Å². The first kappa shape index (κ1) is 17.2. The first-order valence-corrected chi connectivity index (χ1v) is 9.65. The second kappa shape index (κ2) is 6.71. The fourth-order valence-electron chi connectivity index (χ4n) is 3.84. The number of aryl methyl sites for hydroxylation is 1. The number of carbonyl (C=O) groups is 2. The molecule has 0 radical (unpaired) electrons. The van der Waals surface area contributed by atoms with Crippen LogP contribution in [-0.2, 0) is 9.59 Å². The van der Waals surface area contributed by atoms with E-state index in [0.717, 1.165) is 36.1 Å². The maximum absolute atomic E-state index is 12.8. The van der Waals surface area contributed by atoms with Crippen LogP contribution in [0.3, 0.4) is 0 Å². The minimum Gasteiger partial charge on any atom is -0.503 e. The van der Waals surface area contributed by atoms with Crippen LogP contribution in [0.5, 0.6) is 0 Å². The summed E-state index contributed by atoms with van der Waals surface area (Å²) in [6.07, 6.45) is 5.28. The van der Waals surface area contributed by atoms with Gasteiger partial charge in [-0.25, -0.2) is 0 Å². The van der Waals surface area contributed by atoms with Gasteiger partial charge in [0, 0.05) is 16.8 Å². The Morgan fingerprint density at radius 1 is 1.29 bits per heavy atom. The summed E-state index contributed by atoms with van der Waals surface area (Å²) in [5.41, 5.74) is 1.37. The van der Waals surface area contributed by atoms with E-state index in [9.17, 15) is 14.7 Å². The van der Waals surface area contributed by atoms with Crippen LogP contribution in [0, 0.1) is 12.8 Å². The van der Waals surface area contributed by atoms with Gasteiger partial charge < -0.3 is 10.0 Å². The molecule has 2 aliphatic rings. The van der Waals surface area contributed by atoms with E-state index >= 15 is 0 Å². The van der Waals surface area contributed by atoms with E-state index < -0.39 is 6.04 Å². The normalized spacial score (nSPS) is 22.8. The van der Waals surface area contributed by atoms with Crippen molar-refractivity contribution in [1.29, 1.82) is 0 Å². The van der Waals surface area contributed by atoms with Crippen molar-refractivity contribution in [2.75, 3.05) is 0 Å². The van der Waals surface area contributed by atoms with Gasteiger partial charge >= 0.3 is 0 Å². The van der Waals surface area contributed by atoms with Crippen LogP contribution < -0.4 is 0 Å². The van der Waals surface area contributed by atoms with Gasteiger partial charge in [0.2, 0.25) is 0 Å². The Morgan fingerprint density at radius 3 is 2.50 bits per heavy atom. The zero-order valence-electron chi connectivity index (χ0n) is 14.5. The monoisotopic (exact) mass is 347 g/mol. The number of Topliss-reactive ketones (excluding diaryl/α,β-unsaturated/α-hetero) is 1. The van der Waals surface area contributed by atoms with Gasteiger partial charge in [-0.3, -0.25) is 9.59 Å². The van der Waals surface area contributed by atoms with Crippen LogP contribution in [0.15, 0.2) is 22.8 Å². The zero-order valence-corrected chi connectivity index (χ0v) is 15.4. The summed E-state index contributed by atoms with van der Waals surface area (Å²) in [7, 11) is 0. The largest absolute Gasteiger partial charge is 0.503 e. The second-order valence-corrected chi connectivity index (χ2v) is 8.10. The SMILES string of the molecule is Cc1ccsc1C1C(C(=O)C(C)C)=C(O)C(=O)N1C1CCCCC1. The predicted octanol–water partition coefficient (Wildman–Crippen LogP) is 4.31. The lowest BCUT2D eigenvalue weighted by Crippen LogP contribution is -2.41. The summed E-state index contributed by atoms with van der Waals surface area (Å²) in [6.45, 7) is 5.63. The van der Waals surface area contributed by atoms with Crippen LogP contribution in [0.2, 0.25) is 0 Å². The molecule has 1 aliphatic heterocycles. The number of rotatable bonds is 4. The number of hydrogen-bond acceptors (Lipinski definition) is 4. The molecular formula is C19H25NO3S. The topological polar surface area (TPSA) is 57.6 Å². The third-order valence-corrected chi connectivity index (χ3v) is 6.22. The quantitative estimate of drug-likeness (QED) is 0.883. The van der Waals surface area contributed by atoms with Crippen LogP contribution in [0.1, 0.15) is 62.4 Å². The highest BCUT2D eigenvalue weighted by atomic mass is 32.1. The molecule has 1 N–H and O–H groups in total. The van der Waals surface area contributed by atoms with Gasteiger partial charge in [0.15, 0.2) is 11.5 Å². The molecule has 0 bridgehead atoms. The average molecular weight is 347 g/mol. The molecule has 1 saturated carbocycles. The Bertz CT molecular complexity index is 683. The average Bonchev–Trinajstić information content (AvgIpc) is 3.09. The number of carbonyl (C=O) groups excluding carboxylic acids is 2. The van der Waals surface area contributed by atoms with Gasteiger partial charge in [0.25, 0.3) is 5.91 Å². The highest BCUT2D eigenvalue weighted by molar-refractivity contribution is 7.10. The van der Waals surface area contributed by atoms with E-state index in [1.54, 1.807) is 16.2 Å². The van der Waals surface area contributed by atoms with Crippen molar-refractivity contribution in [2.24, 2.45) is 5.92 Å². The maximum atomic E-state index is 12.8. The summed E-state index contributed by atoms with van der Waals surface area (Å²) in [5, 5.41) is 12.5. The summed E-state index contributed by atoms with van der Waals surface area (Å²) < 4.78 is 0. The van der Waals surface area contributed by atoms with E-state index in [1.165, 1.54) is 6.42 Å². The molecule has 5 heteroatoms. The summed E-state index contributed by atoms with van der Waals surface area (Å²) in [6, 6.07) is 1.70. The molecule has 0 spiro atoms. The molecule has 1 unspecified atom stereocenters. The summed E-state index contributed by atoms with van der Waals surface area (Å²) >= 11 is 1.56. The molecule has 1 amide bonds. The number of nitrogens with zero attached hydrogens (tertiary/aromatic N) is 1. The number of thiophene rings is 1. The molecule has 1 aromatic heterocycles. The third kappa shape index (κ3) is 2.79. The molecule has 1 aliphatic carbocycles. The Kier molecular flexibility index (Phi) is 4.81. The number of aliphatic hydroxyl groups is 1. The Balaban J connectivity index is 2.08. The molecule has 2 heterocycles. The number of aliphatic hydroxyl groups excluding tert-OH is 1. The lowest BCUT2D eigenvalue weighted by molar-refractivity contribution is -0.132. The molecular weight excluding hydrogens is 322 g/mol. The molecule has 0 saturated heterocycles. The van der Waals surface area contributed by atoms with E-state index in [-0.39, 0.29) is 29.4 Å². The number of ketones is 1. The molecule has 1 aromatic rings. The van der Waals surface area contributed by atoms with Crippen molar-refractivity contribution >= 4 is 23.0 Å². The molecule has 1 atom stereocenters. The standard InChI is InChI=1S/C19H25NO3S/c1-11(2)16(21)14-15(18-12(3)9-10-24-18)20(19(23)17(14)22)13-7-5-4-6-8-13/h9-11,13,15,22H,4-8H2,1-3H3. The van der Waals surface area contributed by atoms with Crippen molar-refractivity contribution in [3.05, 3.63) is 33.2 Å². The zero-order chi connectivity index (χ0) is 17.4. The fourth-order valence-corrected chi connectivity index (χ4v) is 4.88. The van der Waals surface area contributed by atoms with Gasteiger partial charge in [-0.15, -0.1) is 11.3 Å². The van der Waals surface area contributed by atoms with Gasteiger partial charge in [-0.2, -0.15) is 0 Å². The Labute approximate surface area is 147 Å². The molecule has 3 rings (SSSR count).